The van der Waals surface area contributed by atoms with Crippen molar-refractivity contribution in [1.82, 2.24) is 0 Å². The fraction of sp³-hybridized carbons (Fsp3) is 0.357. The molecule has 3 heteroatoms. The molecule has 0 aliphatic rings. The summed E-state index contributed by atoms with van der Waals surface area (Å²) >= 11 is 3.39. The minimum Gasteiger partial charge on any atom is -0.481 e. The van der Waals surface area contributed by atoms with Gasteiger partial charge in [0.1, 0.15) is 0 Å². The molecule has 0 fully saturated rings. The molecule has 0 amide bonds. The lowest BCUT2D eigenvalue weighted by Gasteiger charge is -2.11. The third-order valence-electron chi connectivity index (χ3n) is 2.68. The molecule has 17 heavy (non-hydrogen) atoms. The molecule has 1 rings (SSSR count). The van der Waals surface area contributed by atoms with E-state index in [9.17, 15) is 4.79 Å². The Morgan fingerprint density at radius 2 is 2.29 bits per heavy atom. The van der Waals surface area contributed by atoms with Gasteiger partial charge in [0.15, 0.2) is 0 Å². The normalized spacial score (nSPS) is 12.1. The average Bonchev–Trinajstić information content (AvgIpc) is 2.28. The topological polar surface area (TPSA) is 37.3 Å². The summed E-state index contributed by atoms with van der Waals surface area (Å²) < 4.78 is 0.991. The van der Waals surface area contributed by atoms with Gasteiger partial charge in [0, 0.05) is 4.47 Å². The SMILES string of the molecule is C=CCCCC(Cc1cccc(Br)c1)C(=O)O. The minimum absolute atomic E-state index is 0.302. The Kier molecular flexibility index (Phi) is 5.98. The molecule has 0 aliphatic carbocycles. The first-order valence-electron chi connectivity index (χ1n) is 5.71. The Hall–Kier alpha value is -1.09. The summed E-state index contributed by atoms with van der Waals surface area (Å²) in [6.45, 7) is 3.64. The third-order valence-corrected chi connectivity index (χ3v) is 3.17. The van der Waals surface area contributed by atoms with Crippen LogP contribution in [0.4, 0.5) is 0 Å². The summed E-state index contributed by atoms with van der Waals surface area (Å²) in [5, 5.41) is 9.17. The van der Waals surface area contributed by atoms with E-state index in [0.717, 1.165) is 22.9 Å². The van der Waals surface area contributed by atoms with Crippen LogP contribution in [0, 0.1) is 5.92 Å². The fourth-order valence-corrected chi connectivity index (χ4v) is 2.22. The summed E-state index contributed by atoms with van der Waals surface area (Å²) in [5.41, 5.74) is 1.06. The summed E-state index contributed by atoms with van der Waals surface area (Å²) in [6.07, 6.45) is 4.88. The summed E-state index contributed by atoms with van der Waals surface area (Å²) in [4.78, 5) is 11.1. The van der Waals surface area contributed by atoms with Gasteiger partial charge in [-0.3, -0.25) is 4.79 Å². The lowest BCUT2D eigenvalue weighted by Crippen LogP contribution is -2.16. The number of hydrogen-bond acceptors (Lipinski definition) is 1. The monoisotopic (exact) mass is 296 g/mol. The van der Waals surface area contributed by atoms with Crippen molar-refractivity contribution in [3.05, 3.63) is 47.0 Å². The van der Waals surface area contributed by atoms with Crippen molar-refractivity contribution >= 4 is 21.9 Å². The molecule has 0 saturated heterocycles. The lowest BCUT2D eigenvalue weighted by atomic mass is 9.94. The van der Waals surface area contributed by atoms with Gasteiger partial charge < -0.3 is 5.11 Å². The van der Waals surface area contributed by atoms with E-state index in [1.54, 1.807) is 0 Å². The fourth-order valence-electron chi connectivity index (χ4n) is 1.77. The minimum atomic E-state index is -0.714. The maximum Gasteiger partial charge on any atom is 0.306 e. The molecule has 2 nitrogen and oxygen atoms in total. The predicted molar refractivity (Wildman–Crippen MR) is 73.0 cm³/mol. The molecule has 0 heterocycles. The van der Waals surface area contributed by atoms with E-state index in [1.165, 1.54) is 0 Å². The van der Waals surface area contributed by atoms with Crippen LogP contribution in [0.2, 0.25) is 0 Å². The van der Waals surface area contributed by atoms with Crippen LogP contribution in [-0.4, -0.2) is 11.1 Å². The predicted octanol–water partition coefficient (Wildman–Crippen LogP) is 4.05. The number of benzene rings is 1. The molecule has 0 radical (unpaired) electrons. The van der Waals surface area contributed by atoms with Crippen LogP contribution in [-0.2, 0) is 11.2 Å². The molecule has 1 unspecified atom stereocenters. The van der Waals surface area contributed by atoms with E-state index >= 15 is 0 Å². The number of carboxylic acids is 1. The number of hydrogen-bond donors (Lipinski definition) is 1. The molecule has 0 aromatic heterocycles. The number of halogens is 1. The van der Waals surface area contributed by atoms with Gasteiger partial charge in [0.25, 0.3) is 0 Å². The van der Waals surface area contributed by atoms with Crippen molar-refractivity contribution in [3.8, 4) is 0 Å². The number of unbranched alkanes of at least 4 members (excludes halogenated alkanes) is 1. The van der Waals surface area contributed by atoms with Gasteiger partial charge in [-0.15, -0.1) is 6.58 Å². The lowest BCUT2D eigenvalue weighted by molar-refractivity contribution is -0.141. The highest BCUT2D eigenvalue weighted by atomic mass is 79.9. The first-order chi connectivity index (χ1) is 8.13. The third kappa shape index (κ3) is 5.18. The second-order valence-corrected chi connectivity index (χ2v) is 5.00. The van der Waals surface area contributed by atoms with Gasteiger partial charge in [0.2, 0.25) is 0 Å². The van der Waals surface area contributed by atoms with E-state index in [-0.39, 0.29) is 5.92 Å². The molecular formula is C14H17BrO2. The molecule has 0 aliphatic heterocycles. The number of allylic oxidation sites excluding steroid dienone is 1. The highest BCUT2D eigenvalue weighted by Crippen LogP contribution is 2.19. The Morgan fingerprint density at radius 3 is 2.88 bits per heavy atom. The van der Waals surface area contributed by atoms with Crippen LogP contribution < -0.4 is 0 Å². The maximum absolute atomic E-state index is 11.1. The molecule has 1 atom stereocenters. The van der Waals surface area contributed by atoms with Crippen LogP contribution in [0.1, 0.15) is 24.8 Å². The number of rotatable bonds is 7. The van der Waals surface area contributed by atoms with Gasteiger partial charge >= 0.3 is 5.97 Å². The van der Waals surface area contributed by atoms with E-state index in [0.29, 0.717) is 12.8 Å². The van der Waals surface area contributed by atoms with E-state index < -0.39 is 5.97 Å². The van der Waals surface area contributed by atoms with Gasteiger partial charge in [-0.2, -0.15) is 0 Å². The quantitative estimate of drug-likeness (QED) is 0.609. The highest BCUT2D eigenvalue weighted by Gasteiger charge is 2.17. The summed E-state index contributed by atoms with van der Waals surface area (Å²) in [7, 11) is 0. The highest BCUT2D eigenvalue weighted by molar-refractivity contribution is 9.10. The van der Waals surface area contributed by atoms with Crippen LogP contribution in [0.25, 0.3) is 0 Å². The summed E-state index contributed by atoms with van der Waals surface area (Å²) in [5.74, 6) is -1.02. The Morgan fingerprint density at radius 1 is 1.53 bits per heavy atom. The average molecular weight is 297 g/mol. The Bertz CT molecular complexity index is 388. The van der Waals surface area contributed by atoms with E-state index in [2.05, 4.69) is 22.5 Å². The first-order valence-corrected chi connectivity index (χ1v) is 6.51. The molecule has 0 saturated carbocycles. The number of carboxylic acid groups (broad SMARTS) is 1. The Labute approximate surface area is 110 Å². The van der Waals surface area contributed by atoms with E-state index in [4.69, 9.17) is 5.11 Å². The van der Waals surface area contributed by atoms with Crippen LogP contribution >= 0.6 is 15.9 Å². The van der Waals surface area contributed by atoms with Crippen molar-refractivity contribution in [2.75, 3.05) is 0 Å². The maximum atomic E-state index is 11.1. The van der Waals surface area contributed by atoms with Crippen LogP contribution in [0.3, 0.4) is 0 Å². The van der Waals surface area contributed by atoms with Crippen molar-refractivity contribution in [3.63, 3.8) is 0 Å². The summed E-state index contributed by atoms with van der Waals surface area (Å²) in [6, 6.07) is 7.82. The van der Waals surface area contributed by atoms with Crippen LogP contribution in [0.15, 0.2) is 41.4 Å². The molecule has 1 N–H and O–H groups in total. The molecule has 0 bridgehead atoms. The van der Waals surface area contributed by atoms with Gasteiger partial charge in [-0.1, -0.05) is 34.1 Å². The molecule has 0 spiro atoms. The zero-order valence-corrected chi connectivity index (χ0v) is 11.3. The van der Waals surface area contributed by atoms with Crippen molar-refractivity contribution in [2.45, 2.75) is 25.7 Å². The van der Waals surface area contributed by atoms with Crippen molar-refractivity contribution < 1.29 is 9.90 Å². The van der Waals surface area contributed by atoms with Crippen LogP contribution in [0.5, 0.6) is 0 Å². The van der Waals surface area contributed by atoms with Crippen molar-refractivity contribution in [2.24, 2.45) is 5.92 Å². The second kappa shape index (κ2) is 7.28. The number of aliphatic carboxylic acids is 1. The largest absolute Gasteiger partial charge is 0.481 e. The van der Waals surface area contributed by atoms with E-state index in [1.807, 2.05) is 30.3 Å². The zero-order valence-electron chi connectivity index (χ0n) is 9.73. The first kappa shape index (κ1) is 14.0. The van der Waals surface area contributed by atoms with Gasteiger partial charge in [0.05, 0.1) is 5.92 Å². The molecular weight excluding hydrogens is 280 g/mol. The standard InChI is InChI=1S/C14H17BrO2/c1-2-3-4-7-12(14(16)17)9-11-6-5-8-13(15)10-11/h2,5-6,8,10,12H,1,3-4,7,9H2,(H,16,17). The molecule has 1 aromatic carbocycles. The molecule has 92 valence electrons. The molecule has 1 aromatic rings. The second-order valence-electron chi connectivity index (χ2n) is 4.09. The van der Waals surface area contributed by atoms with Crippen molar-refractivity contribution in [1.29, 1.82) is 0 Å². The van der Waals surface area contributed by atoms with Gasteiger partial charge in [-0.05, 0) is 43.4 Å². The van der Waals surface area contributed by atoms with Gasteiger partial charge in [-0.25, -0.2) is 0 Å². The number of carbonyl (C=O) groups is 1. The zero-order chi connectivity index (χ0) is 12.7. The smallest absolute Gasteiger partial charge is 0.306 e. The Balaban J connectivity index is 2.60.